The summed E-state index contributed by atoms with van der Waals surface area (Å²) in [7, 11) is 0. The molecule has 27 heavy (non-hydrogen) atoms. The summed E-state index contributed by atoms with van der Waals surface area (Å²) in [5, 5.41) is 2.12. The predicted molar refractivity (Wildman–Crippen MR) is 103 cm³/mol. The number of carbonyl (C=O) groups is 2. The Morgan fingerprint density at radius 1 is 1.22 bits per heavy atom. The smallest absolute Gasteiger partial charge is 0.340 e. The first-order valence-electron chi connectivity index (χ1n) is 8.07. The van der Waals surface area contributed by atoms with Gasteiger partial charge in [-0.05, 0) is 24.6 Å². The van der Waals surface area contributed by atoms with E-state index >= 15 is 0 Å². The van der Waals surface area contributed by atoms with Gasteiger partial charge in [-0.2, -0.15) is 4.99 Å². The number of hydrogen-bond acceptors (Lipinski definition) is 5. The van der Waals surface area contributed by atoms with Crippen molar-refractivity contribution in [2.24, 2.45) is 4.99 Å². The lowest BCUT2D eigenvalue weighted by Gasteiger charge is -2.04. The topological polar surface area (TPSA) is 73.6 Å². The van der Waals surface area contributed by atoms with Crippen LogP contribution < -0.4 is 4.80 Å². The molecule has 6 nitrogen and oxygen atoms in total. The van der Waals surface area contributed by atoms with Crippen molar-refractivity contribution in [1.82, 2.24) is 9.55 Å². The largest absolute Gasteiger partial charge is 0.452 e. The number of esters is 1. The van der Waals surface area contributed by atoms with E-state index in [1.54, 1.807) is 0 Å². The zero-order valence-corrected chi connectivity index (χ0v) is 16.0. The SMILES string of the molecule is Cc1ccc(Cn2ccsc2=NC(=O)COC(=O)c2ccc(Cl)nc2)cc1. The van der Waals surface area contributed by atoms with Gasteiger partial charge in [0.05, 0.1) is 5.56 Å². The van der Waals surface area contributed by atoms with Crippen LogP contribution in [0, 0.1) is 6.92 Å². The zero-order chi connectivity index (χ0) is 19.2. The molecule has 0 saturated heterocycles. The van der Waals surface area contributed by atoms with Crippen molar-refractivity contribution in [1.29, 1.82) is 0 Å². The fourth-order valence-corrected chi connectivity index (χ4v) is 3.10. The van der Waals surface area contributed by atoms with Gasteiger partial charge in [-0.3, -0.25) is 4.79 Å². The Kier molecular flexibility index (Phi) is 6.16. The van der Waals surface area contributed by atoms with E-state index in [0.717, 1.165) is 5.56 Å². The molecule has 138 valence electrons. The molecule has 0 aliphatic carbocycles. The number of benzene rings is 1. The van der Waals surface area contributed by atoms with Gasteiger partial charge >= 0.3 is 5.97 Å². The van der Waals surface area contributed by atoms with Crippen molar-refractivity contribution in [2.45, 2.75) is 13.5 Å². The first kappa shape index (κ1) is 19.0. The van der Waals surface area contributed by atoms with Crippen molar-refractivity contribution < 1.29 is 14.3 Å². The van der Waals surface area contributed by atoms with Crippen LogP contribution in [0.25, 0.3) is 0 Å². The number of halogens is 1. The normalized spacial score (nSPS) is 11.4. The summed E-state index contributed by atoms with van der Waals surface area (Å²) in [4.78, 5) is 32.3. The van der Waals surface area contributed by atoms with Gasteiger partial charge in [0.1, 0.15) is 5.15 Å². The highest BCUT2D eigenvalue weighted by molar-refractivity contribution is 7.07. The second kappa shape index (κ2) is 8.75. The van der Waals surface area contributed by atoms with Crippen LogP contribution in [0.15, 0.2) is 59.2 Å². The lowest BCUT2D eigenvalue weighted by Crippen LogP contribution is -2.20. The molecule has 2 aromatic heterocycles. The van der Waals surface area contributed by atoms with Crippen LogP contribution in [-0.4, -0.2) is 28.0 Å². The third kappa shape index (κ3) is 5.35. The summed E-state index contributed by atoms with van der Waals surface area (Å²) in [6, 6.07) is 11.1. The molecule has 1 amide bonds. The van der Waals surface area contributed by atoms with Gasteiger partial charge in [-0.25, -0.2) is 9.78 Å². The number of nitrogens with zero attached hydrogens (tertiary/aromatic N) is 3. The molecule has 0 N–H and O–H groups in total. The molecule has 2 heterocycles. The van der Waals surface area contributed by atoms with Crippen LogP contribution in [0.5, 0.6) is 0 Å². The summed E-state index contributed by atoms with van der Waals surface area (Å²) < 4.78 is 6.85. The Balaban J connectivity index is 1.63. The van der Waals surface area contributed by atoms with Gasteiger partial charge < -0.3 is 9.30 Å². The second-order valence-electron chi connectivity index (χ2n) is 5.75. The van der Waals surface area contributed by atoms with Gasteiger partial charge in [0.15, 0.2) is 11.4 Å². The minimum atomic E-state index is -0.651. The molecule has 8 heteroatoms. The molecule has 0 unspecified atom stereocenters. The number of aromatic nitrogens is 2. The average Bonchev–Trinajstić information content (AvgIpc) is 3.09. The van der Waals surface area contributed by atoms with E-state index in [2.05, 4.69) is 9.98 Å². The van der Waals surface area contributed by atoms with Gasteiger partial charge in [0.25, 0.3) is 5.91 Å². The lowest BCUT2D eigenvalue weighted by atomic mass is 10.1. The standard InChI is InChI=1S/C19H16ClN3O3S/c1-13-2-4-14(5-3-13)11-23-8-9-27-19(23)22-17(24)12-26-18(25)15-6-7-16(20)21-10-15/h2-10H,11-12H2,1H3. The molecule has 0 saturated carbocycles. The monoisotopic (exact) mass is 401 g/mol. The summed E-state index contributed by atoms with van der Waals surface area (Å²) in [6.07, 6.45) is 3.16. The van der Waals surface area contributed by atoms with E-state index in [-0.39, 0.29) is 10.7 Å². The van der Waals surface area contributed by atoms with E-state index in [1.807, 2.05) is 47.3 Å². The van der Waals surface area contributed by atoms with E-state index in [9.17, 15) is 9.59 Å². The molecule has 1 aromatic carbocycles. The number of carbonyl (C=O) groups excluding carboxylic acids is 2. The van der Waals surface area contributed by atoms with E-state index in [0.29, 0.717) is 11.3 Å². The number of rotatable bonds is 5. The fourth-order valence-electron chi connectivity index (χ4n) is 2.24. The van der Waals surface area contributed by atoms with Gasteiger partial charge in [0.2, 0.25) is 0 Å². The Labute approximate surface area is 164 Å². The van der Waals surface area contributed by atoms with Crippen molar-refractivity contribution in [2.75, 3.05) is 6.61 Å². The Hall–Kier alpha value is -2.77. The van der Waals surface area contributed by atoms with Crippen molar-refractivity contribution in [3.63, 3.8) is 0 Å². The Bertz CT molecular complexity index is 1010. The third-order valence-corrected chi connectivity index (χ3v) is 4.66. The Morgan fingerprint density at radius 3 is 2.70 bits per heavy atom. The summed E-state index contributed by atoms with van der Waals surface area (Å²) in [5.74, 6) is -1.19. The predicted octanol–water partition coefficient (Wildman–Crippen LogP) is 3.24. The first-order chi connectivity index (χ1) is 13.0. The minimum Gasteiger partial charge on any atom is -0.452 e. The molecule has 0 fully saturated rings. The van der Waals surface area contributed by atoms with Crippen LogP contribution in [-0.2, 0) is 16.1 Å². The highest BCUT2D eigenvalue weighted by Gasteiger charge is 2.10. The zero-order valence-electron chi connectivity index (χ0n) is 14.5. The first-order valence-corrected chi connectivity index (χ1v) is 9.33. The Morgan fingerprint density at radius 2 is 2.00 bits per heavy atom. The molecule has 3 rings (SSSR count). The molecule has 0 radical (unpaired) electrons. The van der Waals surface area contributed by atoms with Crippen molar-refractivity contribution in [3.05, 3.63) is 80.8 Å². The van der Waals surface area contributed by atoms with Crippen molar-refractivity contribution in [3.8, 4) is 0 Å². The van der Waals surface area contributed by atoms with Crippen LogP contribution in [0.3, 0.4) is 0 Å². The van der Waals surface area contributed by atoms with Gasteiger partial charge in [-0.15, -0.1) is 11.3 Å². The van der Waals surface area contributed by atoms with E-state index < -0.39 is 18.5 Å². The molecule has 0 atom stereocenters. The highest BCUT2D eigenvalue weighted by atomic mass is 35.5. The third-order valence-electron chi connectivity index (χ3n) is 3.64. The number of aryl methyl sites for hydroxylation is 1. The minimum absolute atomic E-state index is 0.220. The maximum absolute atomic E-state index is 12.1. The van der Waals surface area contributed by atoms with Crippen LogP contribution in [0.4, 0.5) is 0 Å². The maximum atomic E-state index is 12.1. The number of hydrogen-bond donors (Lipinski definition) is 0. The van der Waals surface area contributed by atoms with Crippen molar-refractivity contribution >= 4 is 34.8 Å². The van der Waals surface area contributed by atoms with Crippen LogP contribution in [0.2, 0.25) is 5.15 Å². The van der Waals surface area contributed by atoms with Crippen LogP contribution in [0.1, 0.15) is 21.5 Å². The maximum Gasteiger partial charge on any atom is 0.340 e. The molecule has 0 aliphatic rings. The highest BCUT2D eigenvalue weighted by Crippen LogP contribution is 2.07. The molecular formula is C19H16ClN3O3S. The summed E-state index contributed by atoms with van der Waals surface area (Å²) in [6.45, 7) is 2.19. The van der Waals surface area contributed by atoms with Gasteiger partial charge in [-0.1, -0.05) is 41.4 Å². The lowest BCUT2D eigenvalue weighted by molar-refractivity contribution is -0.121. The second-order valence-corrected chi connectivity index (χ2v) is 7.01. The molecular weight excluding hydrogens is 386 g/mol. The summed E-state index contributed by atoms with van der Waals surface area (Å²) >= 11 is 7.01. The molecule has 0 bridgehead atoms. The molecule has 3 aromatic rings. The van der Waals surface area contributed by atoms with E-state index in [4.69, 9.17) is 16.3 Å². The summed E-state index contributed by atoms with van der Waals surface area (Å²) in [5.41, 5.74) is 2.51. The number of ether oxygens (including phenoxy) is 1. The average molecular weight is 402 g/mol. The number of amides is 1. The van der Waals surface area contributed by atoms with Crippen LogP contribution >= 0.6 is 22.9 Å². The molecule has 0 aliphatic heterocycles. The quantitative estimate of drug-likeness (QED) is 0.486. The van der Waals surface area contributed by atoms with E-state index in [1.165, 1.54) is 35.2 Å². The number of thiazole rings is 1. The van der Waals surface area contributed by atoms with Gasteiger partial charge in [0, 0.05) is 24.3 Å². The fraction of sp³-hybridized carbons (Fsp3) is 0.158. The number of pyridine rings is 1. The molecule has 0 spiro atoms.